The molecule has 1 heterocycles. The number of thioether (sulfide) groups is 1. The van der Waals surface area contributed by atoms with Gasteiger partial charge < -0.3 is 10.6 Å². The van der Waals surface area contributed by atoms with Gasteiger partial charge in [-0.15, -0.1) is 0 Å². The van der Waals surface area contributed by atoms with E-state index in [1.807, 2.05) is 40.9 Å². The van der Waals surface area contributed by atoms with Crippen molar-refractivity contribution >= 4 is 17.7 Å². The molecule has 3 nitrogen and oxygen atoms in total. The molecule has 1 amide bonds. The zero-order chi connectivity index (χ0) is 13.1. The third-order valence-corrected chi connectivity index (χ3v) is 4.37. The number of benzene rings is 1. The van der Waals surface area contributed by atoms with Crippen LogP contribution in [0.4, 0.5) is 0 Å². The third kappa shape index (κ3) is 3.06. The first-order chi connectivity index (χ1) is 8.60. The summed E-state index contributed by atoms with van der Waals surface area (Å²) in [7, 11) is 0. The Hall–Kier alpha value is -1.00. The summed E-state index contributed by atoms with van der Waals surface area (Å²) < 4.78 is 0. The minimum atomic E-state index is 0.137. The molecule has 1 aromatic rings. The molecule has 1 saturated heterocycles. The van der Waals surface area contributed by atoms with Gasteiger partial charge in [-0.3, -0.25) is 4.79 Å². The quantitative estimate of drug-likeness (QED) is 0.890. The van der Waals surface area contributed by atoms with Crippen LogP contribution in [0.25, 0.3) is 0 Å². The maximum atomic E-state index is 12.4. The van der Waals surface area contributed by atoms with E-state index < -0.39 is 0 Å². The van der Waals surface area contributed by atoms with E-state index in [-0.39, 0.29) is 5.91 Å². The van der Waals surface area contributed by atoms with Crippen molar-refractivity contribution < 1.29 is 4.79 Å². The number of nitrogens with zero attached hydrogens (tertiary/aromatic N) is 1. The number of carbonyl (C=O) groups is 1. The lowest BCUT2D eigenvalue weighted by molar-refractivity contribution is 0.0753. The molecule has 0 saturated carbocycles. The first-order valence-electron chi connectivity index (χ1n) is 6.34. The second-order valence-electron chi connectivity index (χ2n) is 4.87. The normalized spacial score (nSPS) is 24.1. The van der Waals surface area contributed by atoms with E-state index in [2.05, 4.69) is 13.8 Å². The molecule has 0 bridgehead atoms. The Morgan fingerprint density at radius 3 is 2.33 bits per heavy atom. The zero-order valence-electron chi connectivity index (χ0n) is 10.9. The Morgan fingerprint density at radius 2 is 1.83 bits per heavy atom. The third-order valence-electron chi connectivity index (χ3n) is 3.14. The predicted octanol–water partition coefficient (Wildman–Crippen LogP) is 2.11. The van der Waals surface area contributed by atoms with Crippen LogP contribution < -0.4 is 5.73 Å². The molecule has 2 unspecified atom stereocenters. The lowest BCUT2D eigenvalue weighted by Crippen LogP contribution is -2.44. The number of hydrogen-bond acceptors (Lipinski definition) is 3. The van der Waals surface area contributed by atoms with E-state index in [4.69, 9.17) is 5.73 Å². The van der Waals surface area contributed by atoms with E-state index in [0.717, 1.165) is 24.2 Å². The molecule has 1 aromatic carbocycles. The van der Waals surface area contributed by atoms with Crippen molar-refractivity contribution in [1.29, 1.82) is 0 Å². The molecule has 0 aromatic heterocycles. The SMILES string of the molecule is CC1CN(C(=O)c2ccc(CN)cc2)CC(C)S1. The van der Waals surface area contributed by atoms with Crippen molar-refractivity contribution in [2.75, 3.05) is 13.1 Å². The van der Waals surface area contributed by atoms with Crippen LogP contribution in [0.2, 0.25) is 0 Å². The Labute approximate surface area is 113 Å². The van der Waals surface area contributed by atoms with Crippen LogP contribution in [0.5, 0.6) is 0 Å². The summed E-state index contributed by atoms with van der Waals surface area (Å²) in [5.74, 6) is 0.137. The Kier molecular flexibility index (Phi) is 4.30. The molecular formula is C14H20N2OS. The predicted molar refractivity (Wildman–Crippen MR) is 76.8 cm³/mol. The molecule has 1 fully saturated rings. The molecule has 0 spiro atoms. The summed E-state index contributed by atoms with van der Waals surface area (Å²) >= 11 is 1.95. The lowest BCUT2D eigenvalue weighted by Gasteiger charge is -2.34. The van der Waals surface area contributed by atoms with Gasteiger partial charge in [0, 0.05) is 35.7 Å². The van der Waals surface area contributed by atoms with Gasteiger partial charge in [-0.2, -0.15) is 11.8 Å². The molecule has 4 heteroatoms. The largest absolute Gasteiger partial charge is 0.336 e. The molecule has 0 aliphatic carbocycles. The van der Waals surface area contributed by atoms with Gasteiger partial charge in [-0.1, -0.05) is 26.0 Å². The summed E-state index contributed by atoms with van der Waals surface area (Å²) in [6.45, 7) is 6.55. The van der Waals surface area contributed by atoms with Gasteiger partial charge >= 0.3 is 0 Å². The molecule has 2 rings (SSSR count). The van der Waals surface area contributed by atoms with Crippen LogP contribution >= 0.6 is 11.8 Å². The first kappa shape index (κ1) is 13.4. The second-order valence-corrected chi connectivity index (χ2v) is 6.75. The highest BCUT2D eigenvalue weighted by atomic mass is 32.2. The number of nitrogens with two attached hydrogens (primary N) is 1. The van der Waals surface area contributed by atoms with Gasteiger partial charge in [0.15, 0.2) is 0 Å². The van der Waals surface area contributed by atoms with Gasteiger partial charge in [0.05, 0.1) is 0 Å². The smallest absolute Gasteiger partial charge is 0.253 e. The van der Waals surface area contributed by atoms with Crippen LogP contribution in [0.1, 0.15) is 29.8 Å². The lowest BCUT2D eigenvalue weighted by atomic mass is 10.1. The van der Waals surface area contributed by atoms with Gasteiger partial charge in [0.1, 0.15) is 0 Å². The summed E-state index contributed by atoms with van der Waals surface area (Å²) in [4.78, 5) is 14.3. The second kappa shape index (κ2) is 5.76. The van der Waals surface area contributed by atoms with Crippen LogP contribution in [0, 0.1) is 0 Å². The number of rotatable bonds is 2. The molecule has 18 heavy (non-hydrogen) atoms. The molecular weight excluding hydrogens is 244 g/mol. The monoisotopic (exact) mass is 264 g/mol. The highest BCUT2D eigenvalue weighted by Gasteiger charge is 2.26. The number of amides is 1. The van der Waals surface area contributed by atoms with Crippen molar-refractivity contribution in [1.82, 2.24) is 4.90 Å². The minimum absolute atomic E-state index is 0.137. The van der Waals surface area contributed by atoms with E-state index in [0.29, 0.717) is 17.0 Å². The van der Waals surface area contributed by atoms with E-state index in [1.165, 1.54) is 0 Å². The van der Waals surface area contributed by atoms with E-state index >= 15 is 0 Å². The fourth-order valence-corrected chi connectivity index (χ4v) is 3.63. The zero-order valence-corrected chi connectivity index (χ0v) is 11.7. The van der Waals surface area contributed by atoms with Gasteiger partial charge in [-0.05, 0) is 17.7 Å². The molecule has 2 atom stereocenters. The Bertz CT molecular complexity index is 408. The average molecular weight is 264 g/mol. The summed E-state index contributed by atoms with van der Waals surface area (Å²) in [5.41, 5.74) is 7.38. The molecule has 98 valence electrons. The average Bonchev–Trinajstić information content (AvgIpc) is 2.37. The van der Waals surface area contributed by atoms with Crippen LogP contribution in [0.15, 0.2) is 24.3 Å². The van der Waals surface area contributed by atoms with E-state index in [9.17, 15) is 4.79 Å². The molecule has 1 aliphatic heterocycles. The first-order valence-corrected chi connectivity index (χ1v) is 7.28. The Morgan fingerprint density at radius 1 is 1.28 bits per heavy atom. The standard InChI is InChI=1S/C14H20N2OS/c1-10-8-16(9-11(2)18-10)14(17)13-5-3-12(7-15)4-6-13/h3-6,10-11H,7-9,15H2,1-2H3. The highest BCUT2D eigenvalue weighted by molar-refractivity contribution is 8.00. The summed E-state index contributed by atoms with van der Waals surface area (Å²) in [6, 6.07) is 7.61. The van der Waals surface area contributed by atoms with Gasteiger partial charge in [0.2, 0.25) is 0 Å². The summed E-state index contributed by atoms with van der Waals surface area (Å²) in [6.07, 6.45) is 0. The minimum Gasteiger partial charge on any atom is -0.336 e. The molecule has 2 N–H and O–H groups in total. The Balaban J connectivity index is 2.09. The highest BCUT2D eigenvalue weighted by Crippen LogP contribution is 2.25. The maximum absolute atomic E-state index is 12.4. The maximum Gasteiger partial charge on any atom is 0.253 e. The van der Waals surface area contributed by atoms with Crippen molar-refractivity contribution in [3.05, 3.63) is 35.4 Å². The van der Waals surface area contributed by atoms with Crippen molar-refractivity contribution in [2.24, 2.45) is 5.73 Å². The van der Waals surface area contributed by atoms with E-state index in [1.54, 1.807) is 0 Å². The fourth-order valence-electron chi connectivity index (χ4n) is 2.31. The van der Waals surface area contributed by atoms with Gasteiger partial charge in [0.25, 0.3) is 5.91 Å². The van der Waals surface area contributed by atoms with Crippen molar-refractivity contribution in [3.8, 4) is 0 Å². The van der Waals surface area contributed by atoms with Crippen LogP contribution in [-0.2, 0) is 6.54 Å². The van der Waals surface area contributed by atoms with Crippen LogP contribution in [0.3, 0.4) is 0 Å². The van der Waals surface area contributed by atoms with Crippen molar-refractivity contribution in [3.63, 3.8) is 0 Å². The summed E-state index contributed by atoms with van der Waals surface area (Å²) in [5, 5.41) is 1.03. The topological polar surface area (TPSA) is 46.3 Å². The van der Waals surface area contributed by atoms with Crippen molar-refractivity contribution in [2.45, 2.75) is 30.9 Å². The van der Waals surface area contributed by atoms with Crippen LogP contribution in [-0.4, -0.2) is 34.4 Å². The number of carbonyl (C=O) groups excluding carboxylic acids is 1. The van der Waals surface area contributed by atoms with Gasteiger partial charge in [-0.25, -0.2) is 0 Å². The molecule has 1 aliphatic rings. The molecule has 0 radical (unpaired) electrons. The number of hydrogen-bond donors (Lipinski definition) is 1. The fraction of sp³-hybridized carbons (Fsp3) is 0.500.